The molecule has 5 heteroatoms. The molecule has 1 N–H and O–H groups in total. The molecule has 2 aromatic rings. The number of nitrogens with zero attached hydrogens (tertiary/aromatic N) is 1. The lowest BCUT2D eigenvalue weighted by Gasteiger charge is -2.21. The van der Waals surface area contributed by atoms with Crippen LogP contribution >= 0.6 is 12.2 Å². The number of para-hydroxylation sites is 1. The first-order valence-corrected chi connectivity index (χ1v) is 9.09. The van der Waals surface area contributed by atoms with Gasteiger partial charge in [-0.1, -0.05) is 30.4 Å². The van der Waals surface area contributed by atoms with Gasteiger partial charge in [0.25, 0.3) is 0 Å². The summed E-state index contributed by atoms with van der Waals surface area (Å²) in [5.74, 6) is 0.0946. The van der Waals surface area contributed by atoms with Crippen LogP contribution in [0.5, 0.6) is 0 Å². The molecule has 3 rings (SSSR count). The minimum Gasteiger partial charge on any atom is -0.385 e. The number of ether oxygens (including phenoxy) is 1. The van der Waals surface area contributed by atoms with Crippen molar-refractivity contribution in [3.8, 4) is 0 Å². The number of thiocarbonyl (C=S) groups is 1. The number of methoxy groups -OCH3 is 1. The van der Waals surface area contributed by atoms with E-state index in [4.69, 9.17) is 17.0 Å². The first-order valence-electron chi connectivity index (χ1n) is 8.69. The van der Waals surface area contributed by atoms with E-state index in [0.29, 0.717) is 4.99 Å². The van der Waals surface area contributed by atoms with Crippen molar-refractivity contribution < 1.29 is 9.53 Å². The van der Waals surface area contributed by atoms with E-state index in [1.807, 2.05) is 19.2 Å². The number of carbonyl (C=O) groups excluding carboxylic acids is 1. The Kier molecular flexibility index (Phi) is 5.66. The molecular weight excluding hydrogens is 332 g/mol. The van der Waals surface area contributed by atoms with Crippen LogP contribution in [0.25, 0.3) is 16.5 Å². The summed E-state index contributed by atoms with van der Waals surface area (Å²) in [5.41, 5.74) is 3.39. The summed E-state index contributed by atoms with van der Waals surface area (Å²) in [4.78, 5) is 13.0. The Hall–Kier alpha value is -1.98. The fourth-order valence-electron chi connectivity index (χ4n) is 3.51. The summed E-state index contributed by atoms with van der Waals surface area (Å²) in [7, 11) is 3.75. The molecule has 1 aliphatic rings. The number of carbonyl (C=O) groups is 1. The number of amides is 1. The van der Waals surface area contributed by atoms with Gasteiger partial charge in [0.2, 0.25) is 5.91 Å². The van der Waals surface area contributed by atoms with Crippen molar-refractivity contribution in [3.05, 3.63) is 42.1 Å². The number of hydrogen-bond donors (Lipinski definition) is 1. The van der Waals surface area contributed by atoms with Gasteiger partial charge in [0.1, 0.15) is 0 Å². The molecule has 1 atom stereocenters. The van der Waals surface area contributed by atoms with E-state index in [2.05, 4.69) is 28.2 Å². The van der Waals surface area contributed by atoms with Crippen LogP contribution in [-0.2, 0) is 16.6 Å². The third kappa shape index (κ3) is 3.99. The lowest BCUT2D eigenvalue weighted by atomic mass is 9.90. The normalized spacial score (nSPS) is 18.6. The van der Waals surface area contributed by atoms with Crippen LogP contribution in [-0.4, -0.2) is 29.2 Å². The van der Waals surface area contributed by atoms with E-state index >= 15 is 0 Å². The van der Waals surface area contributed by atoms with E-state index in [-0.39, 0.29) is 11.8 Å². The van der Waals surface area contributed by atoms with Crippen LogP contribution in [0.2, 0.25) is 0 Å². The highest BCUT2D eigenvalue weighted by molar-refractivity contribution is 7.80. The zero-order chi connectivity index (χ0) is 17.8. The zero-order valence-corrected chi connectivity index (χ0v) is 15.6. The molecule has 1 unspecified atom stereocenters. The first-order chi connectivity index (χ1) is 12.1. The van der Waals surface area contributed by atoms with Gasteiger partial charge in [0.15, 0.2) is 0 Å². The third-order valence-corrected chi connectivity index (χ3v) is 5.26. The summed E-state index contributed by atoms with van der Waals surface area (Å²) in [6, 6.07) is 8.29. The molecule has 1 aromatic heterocycles. The average Bonchev–Trinajstić information content (AvgIpc) is 2.92. The Morgan fingerprint density at radius 1 is 1.36 bits per heavy atom. The predicted octanol–water partition coefficient (Wildman–Crippen LogP) is 3.84. The van der Waals surface area contributed by atoms with Gasteiger partial charge in [-0.25, -0.2) is 0 Å². The Bertz CT molecular complexity index is 822. The number of benzene rings is 1. The average molecular weight is 356 g/mol. The highest BCUT2D eigenvalue weighted by Crippen LogP contribution is 2.32. The highest BCUT2D eigenvalue weighted by atomic mass is 32.1. The van der Waals surface area contributed by atoms with Crippen LogP contribution in [0.3, 0.4) is 0 Å². The van der Waals surface area contributed by atoms with E-state index in [9.17, 15) is 4.79 Å². The van der Waals surface area contributed by atoms with Crippen LogP contribution in [0, 0.1) is 5.92 Å². The molecular formula is C20H24N2O2S. The van der Waals surface area contributed by atoms with Crippen molar-refractivity contribution >= 4 is 39.6 Å². The van der Waals surface area contributed by atoms with Crippen molar-refractivity contribution in [1.29, 1.82) is 0 Å². The number of fused-ring (bicyclic) bond motifs is 1. The molecule has 0 spiro atoms. The molecule has 132 valence electrons. The maximum atomic E-state index is 12.3. The molecule has 1 aromatic carbocycles. The molecule has 0 fully saturated rings. The minimum absolute atomic E-state index is 0.121. The lowest BCUT2D eigenvalue weighted by molar-refractivity contribution is -0.115. The van der Waals surface area contributed by atoms with Crippen molar-refractivity contribution in [2.75, 3.05) is 13.7 Å². The molecule has 1 amide bonds. The zero-order valence-electron chi connectivity index (χ0n) is 14.7. The molecule has 0 saturated carbocycles. The minimum atomic E-state index is -0.121. The van der Waals surface area contributed by atoms with E-state index in [1.165, 1.54) is 10.9 Å². The summed E-state index contributed by atoms with van der Waals surface area (Å²) in [6.07, 6.45) is 7.50. The maximum Gasteiger partial charge on any atom is 0.249 e. The van der Waals surface area contributed by atoms with Crippen molar-refractivity contribution in [2.45, 2.75) is 25.7 Å². The Morgan fingerprint density at radius 2 is 2.16 bits per heavy atom. The SMILES string of the molecule is COCCCC1CCC(c2cn(C)c3ccccc23)=CC(=O)NC1=S. The summed E-state index contributed by atoms with van der Waals surface area (Å²) in [6.45, 7) is 0.721. The van der Waals surface area contributed by atoms with Crippen LogP contribution in [0.1, 0.15) is 31.2 Å². The summed E-state index contributed by atoms with van der Waals surface area (Å²) < 4.78 is 7.26. The summed E-state index contributed by atoms with van der Waals surface area (Å²) in [5, 5.41) is 4.07. The molecule has 0 saturated heterocycles. The van der Waals surface area contributed by atoms with Gasteiger partial charge >= 0.3 is 0 Å². The van der Waals surface area contributed by atoms with Crippen LogP contribution < -0.4 is 5.32 Å². The molecule has 0 bridgehead atoms. The number of nitrogens with one attached hydrogen (secondary N) is 1. The lowest BCUT2D eigenvalue weighted by Crippen LogP contribution is -2.34. The smallest absolute Gasteiger partial charge is 0.249 e. The van der Waals surface area contributed by atoms with Gasteiger partial charge < -0.3 is 14.6 Å². The standard InChI is InChI=1S/C20H24N2O2S/c1-22-13-17(16-7-3-4-8-18(16)22)15-10-9-14(6-5-11-24-2)20(25)21-19(23)12-15/h3-4,7-8,12-14H,5-6,9-11H2,1-2H3,(H,21,23,25). The Labute approximate surface area is 153 Å². The van der Waals surface area contributed by atoms with Gasteiger partial charge in [-0.15, -0.1) is 0 Å². The number of rotatable bonds is 5. The van der Waals surface area contributed by atoms with Gasteiger partial charge in [0.05, 0.1) is 4.99 Å². The number of allylic oxidation sites excluding steroid dienone is 1. The monoisotopic (exact) mass is 356 g/mol. The number of aromatic nitrogens is 1. The Balaban J connectivity index is 1.88. The maximum absolute atomic E-state index is 12.3. The van der Waals surface area contributed by atoms with Gasteiger partial charge in [0, 0.05) is 55.4 Å². The predicted molar refractivity (Wildman–Crippen MR) is 105 cm³/mol. The van der Waals surface area contributed by atoms with Crippen LogP contribution in [0.4, 0.5) is 0 Å². The number of aryl methyl sites for hydroxylation is 1. The highest BCUT2D eigenvalue weighted by Gasteiger charge is 2.21. The second-order valence-electron chi connectivity index (χ2n) is 6.56. The summed E-state index contributed by atoms with van der Waals surface area (Å²) >= 11 is 5.43. The molecule has 25 heavy (non-hydrogen) atoms. The van der Waals surface area contributed by atoms with E-state index in [0.717, 1.165) is 43.4 Å². The van der Waals surface area contributed by atoms with Gasteiger partial charge in [-0.2, -0.15) is 0 Å². The molecule has 4 nitrogen and oxygen atoms in total. The molecule has 2 heterocycles. The fourth-order valence-corrected chi connectivity index (χ4v) is 3.85. The van der Waals surface area contributed by atoms with E-state index < -0.39 is 0 Å². The van der Waals surface area contributed by atoms with Gasteiger partial charge in [-0.3, -0.25) is 4.79 Å². The van der Waals surface area contributed by atoms with Crippen molar-refractivity contribution in [1.82, 2.24) is 9.88 Å². The third-order valence-electron chi connectivity index (χ3n) is 4.83. The largest absolute Gasteiger partial charge is 0.385 e. The van der Waals surface area contributed by atoms with Crippen molar-refractivity contribution in [2.24, 2.45) is 13.0 Å². The van der Waals surface area contributed by atoms with Crippen LogP contribution in [0.15, 0.2) is 36.5 Å². The number of hydrogen-bond acceptors (Lipinski definition) is 3. The van der Waals surface area contributed by atoms with Crippen molar-refractivity contribution in [3.63, 3.8) is 0 Å². The fraction of sp³-hybridized carbons (Fsp3) is 0.400. The van der Waals surface area contributed by atoms with E-state index in [1.54, 1.807) is 13.2 Å². The Morgan fingerprint density at radius 3 is 2.96 bits per heavy atom. The topological polar surface area (TPSA) is 43.3 Å². The molecule has 1 aliphatic heterocycles. The second kappa shape index (κ2) is 7.93. The van der Waals surface area contributed by atoms with Gasteiger partial charge in [-0.05, 0) is 37.3 Å². The molecule has 0 radical (unpaired) electrons. The molecule has 0 aliphatic carbocycles. The second-order valence-corrected chi connectivity index (χ2v) is 7.00. The quantitative estimate of drug-likeness (QED) is 0.654. The first kappa shape index (κ1) is 17.8.